The van der Waals surface area contributed by atoms with Crippen LogP contribution in [0.25, 0.3) is 5.69 Å². The van der Waals surface area contributed by atoms with Crippen molar-refractivity contribution in [2.24, 2.45) is 0 Å². The van der Waals surface area contributed by atoms with E-state index < -0.39 is 17.5 Å². The van der Waals surface area contributed by atoms with Gasteiger partial charge in [-0.1, -0.05) is 30.3 Å². The van der Waals surface area contributed by atoms with Crippen molar-refractivity contribution < 1.29 is 23.5 Å². The SMILES string of the molecule is CC(C)(C)OC(=O)Nc1ccccc1NC(=O)c1ccc(-n2cc(COc3ccccc3)oc2=O)cc1. The summed E-state index contributed by atoms with van der Waals surface area (Å²) in [6.45, 7) is 5.39. The first-order valence-electron chi connectivity index (χ1n) is 11.6. The van der Waals surface area contributed by atoms with E-state index in [9.17, 15) is 14.4 Å². The molecule has 190 valence electrons. The van der Waals surface area contributed by atoms with Crippen molar-refractivity contribution in [2.75, 3.05) is 10.6 Å². The van der Waals surface area contributed by atoms with Crippen LogP contribution in [0.15, 0.2) is 94.3 Å². The number of hydrogen-bond acceptors (Lipinski definition) is 6. The van der Waals surface area contributed by atoms with Gasteiger partial charge < -0.3 is 19.2 Å². The third-order valence-corrected chi connectivity index (χ3v) is 5.03. The van der Waals surface area contributed by atoms with E-state index in [1.165, 1.54) is 4.57 Å². The van der Waals surface area contributed by atoms with Crippen molar-refractivity contribution in [3.05, 3.63) is 107 Å². The minimum atomic E-state index is -0.656. The highest BCUT2D eigenvalue weighted by Gasteiger charge is 2.18. The molecule has 2 N–H and O–H groups in total. The Morgan fingerprint density at radius 3 is 2.14 bits per heavy atom. The van der Waals surface area contributed by atoms with Crippen LogP contribution in [0, 0.1) is 0 Å². The Bertz CT molecular complexity index is 1430. The average Bonchev–Trinajstić information content (AvgIpc) is 3.24. The fourth-order valence-electron chi connectivity index (χ4n) is 3.38. The number of rotatable bonds is 7. The Labute approximate surface area is 213 Å². The van der Waals surface area contributed by atoms with Crippen molar-refractivity contribution in [3.63, 3.8) is 0 Å². The standard InChI is InChI=1S/C28H27N3O6/c1-28(2,3)37-26(33)30-24-12-8-7-11-23(24)29-25(32)19-13-15-20(16-14-19)31-17-22(36-27(31)34)18-35-21-9-5-4-6-10-21/h4-17H,18H2,1-3H3,(H,29,32)(H,30,33). The van der Waals surface area contributed by atoms with Gasteiger partial charge in [-0.15, -0.1) is 0 Å². The first-order chi connectivity index (χ1) is 17.7. The molecule has 4 aromatic rings. The molecule has 0 saturated carbocycles. The van der Waals surface area contributed by atoms with E-state index in [2.05, 4.69) is 10.6 Å². The molecule has 0 atom stereocenters. The van der Waals surface area contributed by atoms with Gasteiger partial charge in [0.1, 0.15) is 18.0 Å². The first-order valence-corrected chi connectivity index (χ1v) is 11.6. The lowest BCUT2D eigenvalue weighted by Crippen LogP contribution is -2.27. The lowest BCUT2D eigenvalue weighted by Gasteiger charge is -2.20. The van der Waals surface area contributed by atoms with Gasteiger partial charge in [-0.05, 0) is 69.3 Å². The zero-order chi connectivity index (χ0) is 26.4. The third kappa shape index (κ3) is 6.88. The van der Waals surface area contributed by atoms with Gasteiger partial charge in [0.2, 0.25) is 0 Å². The number of hydrogen-bond donors (Lipinski definition) is 2. The van der Waals surface area contributed by atoms with Crippen molar-refractivity contribution in [1.29, 1.82) is 0 Å². The monoisotopic (exact) mass is 501 g/mol. The maximum Gasteiger partial charge on any atom is 0.423 e. The molecule has 0 aliphatic heterocycles. The maximum atomic E-state index is 12.9. The molecule has 0 aliphatic carbocycles. The smallest absolute Gasteiger partial charge is 0.423 e. The Morgan fingerprint density at radius 2 is 1.49 bits per heavy atom. The summed E-state index contributed by atoms with van der Waals surface area (Å²) in [6, 6.07) is 22.5. The highest BCUT2D eigenvalue weighted by Crippen LogP contribution is 2.23. The number of aromatic nitrogens is 1. The van der Waals surface area contributed by atoms with E-state index in [0.717, 1.165) is 0 Å². The molecule has 4 rings (SSSR count). The molecule has 1 aromatic heterocycles. The molecule has 0 bridgehead atoms. The molecular weight excluding hydrogens is 474 g/mol. The van der Waals surface area contributed by atoms with Crippen LogP contribution in [0.3, 0.4) is 0 Å². The van der Waals surface area contributed by atoms with E-state index in [1.807, 2.05) is 30.3 Å². The summed E-state index contributed by atoms with van der Waals surface area (Å²) in [6.07, 6.45) is 0.927. The van der Waals surface area contributed by atoms with Crippen molar-refractivity contribution in [1.82, 2.24) is 4.57 Å². The van der Waals surface area contributed by atoms with Gasteiger partial charge in [-0.3, -0.25) is 10.1 Å². The molecule has 37 heavy (non-hydrogen) atoms. The zero-order valence-electron chi connectivity index (χ0n) is 20.7. The quantitative estimate of drug-likeness (QED) is 0.341. The summed E-state index contributed by atoms with van der Waals surface area (Å²) in [4.78, 5) is 37.4. The summed E-state index contributed by atoms with van der Waals surface area (Å²) >= 11 is 0. The minimum Gasteiger partial charge on any atom is -0.486 e. The van der Waals surface area contributed by atoms with Gasteiger partial charge in [-0.2, -0.15) is 0 Å². The second-order valence-electron chi connectivity index (χ2n) is 9.11. The number of para-hydroxylation sites is 3. The number of ether oxygens (including phenoxy) is 2. The number of carbonyl (C=O) groups excluding carboxylic acids is 2. The minimum absolute atomic E-state index is 0.101. The Morgan fingerprint density at radius 1 is 0.865 bits per heavy atom. The second kappa shape index (κ2) is 10.9. The van der Waals surface area contributed by atoms with Gasteiger partial charge in [0.25, 0.3) is 5.91 Å². The summed E-state index contributed by atoms with van der Waals surface area (Å²) in [5.41, 5.74) is 1.05. The zero-order valence-corrected chi connectivity index (χ0v) is 20.7. The summed E-state index contributed by atoms with van der Waals surface area (Å²) in [7, 11) is 0. The molecule has 0 radical (unpaired) electrons. The normalized spacial score (nSPS) is 11.0. The fourth-order valence-corrected chi connectivity index (χ4v) is 3.38. The van der Waals surface area contributed by atoms with Crippen molar-refractivity contribution in [3.8, 4) is 11.4 Å². The van der Waals surface area contributed by atoms with Crippen LogP contribution in [0.1, 0.15) is 36.9 Å². The molecular formula is C28H27N3O6. The van der Waals surface area contributed by atoms with E-state index in [-0.39, 0.29) is 12.5 Å². The van der Waals surface area contributed by atoms with E-state index in [4.69, 9.17) is 13.9 Å². The van der Waals surface area contributed by atoms with Crippen molar-refractivity contribution >= 4 is 23.4 Å². The Balaban J connectivity index is 1.42. The van der Waals surface area contributed by atoms with E-state index in [0.29, 0.717) is 34.1 Å². The van der Waals surface area contributed by atoms with Gasteiger partial charge in [0.05, 0.1) is 23.3 Å². The van der Waals surface area contributed by atoms with Crippen LogP contribution < -0.4 is 21.1 Å². The number of nitrogens with one attached hydrogen (secondary N) is 2. The number of anilines is 2. The molecule has 0 unspecified atom stereocenters. The molecule has 1 heterocycles. The van der Waals surface area contributed by atoms with Gasteiger partial charge in [0.15, 0.2) is 5.76 Å². The molecule has 9 nitrogen and oxygen atoms in total. The lowest BCUT2D eigenvalue weighted by atomic mass is 10.1. The molecule has 9 heteroatoms. The number of oxazole rings is 1. The van der Waals surface area contributed by atoms with Crippen molar-refractivity contribution in [2.45, 2.75) is 33.0 Å². The number of amides is 2. The summed E-state index contributed by atoms with van der Waals surface area (Å²) in [5.74, 6) is 0.0772. The molecule has 2 amide bonds. The van der Waals surface area contributed by atoms with Crippen LogP contribution >= 0.6 is 0 Å². The highest BCUT2D eigenvalue weighted by molar-refractivity contribution is 6.07. The molecule has 0 fully saturated rings. The molecule has 0 spiro atoms. The number of carbonyl (C=O) groups is 2. The first kappa shape index (κ1) is 25.3. The average molecular weight is 502 g/mol. The van der Waals surface area contributed by atoms with Crippen LogP contribution in [0.4, 0.5) is 16.2 Å². The predicted molar refractivity (Wildman–Crippen MR) is 139 cm³/mol. The molecule has 0 saturated heterocycles. The Kier molecular flexibility index (Phi) is 7.43. The van der Waals surface area contributed by atoms with E-state index >= 15 is 0 Å². The Hall–Kier alpha value is -4.79. The van der Waals surface area contributed by atoms with Crippen LogP contribution in [0.5, 0.6) is 5.75 Å². The topological polar surface area (TPSA) is 112 Å². The lowest BCUT2D eigenvalue weighted by molar-refractivity contribution is 0.0635. The van der Waals surface area contributed by atoms with Gasteiger partial charge in [-0.25, -0.2) is 14.2 Å². The van der Waals surface area contributed by atoms with Crippen LogP contribution in [0.2, 0.25) is 0 Å². The van der Waals surface area contributed by atoms with Gasteiger partial charge in [0, 0.05) is 5.56 Å². The second-order valence-corrected chi connectivity index (χ2v) is 9.11. The van der Waals surface area contributed by atoms with Crippen LogP contribution in [-0.4, -0.2) is 22.2 Å². The third-order valence-electron chi connectivity index (χ3n) is 5.03. The van der Waals surface area contributed by atoms with E-state index in [1.54, 1.807) is 75.5 Å². The van der Waals surface area contributed by atoms with Crippen LogP contribution in [-0.2, 0) is 11.3 Å². The summed E-state index contributed by atoms with van der Waals surface area (Å²) < 4.78 is 17.5. The van der Waals surface area contributed by atoms with Gasteiger partial charge >= 0.3 is 11.8 Å². The fraction of sp³-hybridized carbons (Fsp3) is 0.179. The number of benzene rings is 3. The molecule has 3 aromatic carbocycles. The maximum absolute atomic E-state index is 12.9. The predicted octanol–water partition coefficient (Wildman–Crippen LogP) is 5.61. The summed E-state index contributed by atoms with van der Waals surface area (Å²) in [5, 5.41) is 5.44. The number of nitrogens with zero attached hydrogens (tertiary/aromatic N) is 1. The largest absolute Gasteiger partial charge is 0.486 e. The highest BCUT2D eigenvalue weighted by atomic mass is 16.6. The molecule has 0 aliphatic rings.